The molecule has 3 aromatic rings. The van der Waals surface area contributed by atoms with Gasteiger partial charge in [-0.3, -0.25) is 9.59 Å². The Balaban J connectivity index is 1.47. The fourth-order valence-corrected chi connectivity index (χ4v) is 4.41. The Bertz CT molecular complexity index is 1130. The molecular weight excluding hydrogens is 388 g/mol. The maximum absolute atomic E-state index is 12.7. The van der Waals surface area contributed by atoms with E-state index in [-0.39, 0.29) is 17.9 Å². The number of H-pyrrole nitrogens is 1. The van der Waals surface area contributed by atoms with Gasteiger partial charge in [0.2, 0.25) is 0 Å². The van der Waals surface area contributed by atoms with Crippen molar-refractivity contribution in [1.82, 2.24) is 20.9 Å². The highest BCUT2D eigenvalue weighted by molar-refractivity contribution is 6.32. The fourth-order valence-electron chi connectivity index (χ4n) is 4.19. The fraction of sp³-hybridized carbons (Fsp3) is 0.273. The summed E-state index contributed by atoms with van der Waals surface area (Å²) < 4.78 is 0. The third kappa shape index (κ3) is 3.28. The standard InChI is InChI=1S/C22H21ClN4O2/c23-17-3-2-15(20-16(17)11-25-22(20)29)19-10-13-9-12(1-4-18(13)27-19)21(28)26-14-5-7-24-8-6-14/h1-4,9-10,14,24,27H,5-8,11H2,(H,25,29)(H,26,28). The van der Waals surface area contributed by atoms with Gasteiger partial charge in [0, 0.05) is 50.9 Å². The normalized spacial score (nSPS) is 16.7. The summed E-state index contributed by atoms with van der Waals surface area (Å²) in [4.78, 5) is 28.3. The molecule has 2 aromatic carbocycles. The number of hydrogen-bond acceptors (Lipinski definition) is 3. The molecule has 1 saturated heterocycles. The Morgan fingerprint density at radius 1 is 1.10 bits per heavy atom. The second kappa shape index (κ2) is 7.21. The van der Waals surface area contributed by atoms with E-state index in [0.29, 0.717) is 22.7 Å². The van der Waals surface area contributed by atoms with Crippen molar-refractivity contribution in [3.63, 3.8) is 0 Å². The van der Waals surface area contributed by atoms with Gasteiger partial charge < -0.3 is 20.9 Å². The molecule has 148 valence electrons. The third-order valence-electron chi connectivity index (χ3n) is 5.76. The molecule has 0 unspecified atom stereocenters. The topological polar surface area (TPSA) is 86.0 Å². The monoisotopic (exact) mass is 408 g/mol. The van der Waals surface area contributed by atoms with Crippen LogP contribution in [0.15, 0.2) is 36.4 Å². The van der Waals surface area contributed by atoms with Crippen LogP contribution in [0.3, 0.4) is 0 Å². The summed E-state index contributed by atoms with van der Waals surface area (Å²) in [5.74, 6) is -0.161. The van der Waals surface area contributed by atoms with E-state index >= 15 is 0 Å². The largest absolute Gasteiger partial charge is 0.355 e. The van der Waals surface area contributed by atoms with Gasteiger partial charge in [0.15, 0.2) is 0 Å². The van der Waals surface area contributed by atoms with Crippen LogP contribution in [0, 0.1) is 0 Å². The summed E-state index contributed by atoms with van der Waals surface area (Å²) in [7, 11) is 0. The highest BCUT2D eigenvalue weighted by Gasteiger charge is 2.26. The minimum Gasteiger partial charge on any atom is -0.355 e. The number of halogens is 1. The number of carbonyl (C=O) groups excluding carboxylic acids is 2. The minimum atomic E-state index is -0.113. The number of amides is 2. The van der Waals surface area contributed by atoms with Gasteiger partial charge in [-0.05, 0) is 56.3 Å². The van der Waals surface area contributed by atoms with E-state index < -0.39 is 0 Å². The molecule has 0 radical (unpaired) electrons. The minimum absolute atomic E-state index is 0.0479. The molecule has 0 aliphatic carbocycles. The van der Waals surface area contributed by atoms with Crippen LogP contribution in [0.1, 0.15) is 39.1 Å². The zero-order valence-corrected chi connectivity index (χ0v) is 16.5. The molecule has 1 fully saturated rings. The molecule has 3 heterocycles. The van der Waals surface area contributed by atoms with Crippen LogP contribution in [-0.4, -0.2) is 35.9 Å². The lowest BCUT2D eigenvalue weighted by Gasteiger charge is -2.23. The Labute approximate surface area is 173 Å². The second-order valence-corrected chi connectivity index (χ2v) is 8.02. The number of aromatic amines is 1. The van der Waals surface area contributed by atoms with Gasteiger partial charge in [-0.1, -0.05) is 17.7 Å². The van der Waals surface area contributed by atoms with Crippen LogP contribution in [-0.2, 0) is 6.54 Å². The van der Waals surface area contributed by atoms with Crippen molar-refractivity contribution in [2.24, 2.45) is 0 Å². The van der Waals surface area contributed by atoms with Gasteiger partial charge in [0.25, 0.3) is 11.8 Å². The molecule has 6 nitrogen and oxygen atoms in total. The number of fused-ring (bicyclic) bond motifs is 2. The molecule has 2 aliphatic heterocycles. The van der Waals surface area contributed by atoms with E-state index in [1.165, 1.54) is 0 Å². The summed E-state index contributed by atoms with van der Waals surface area (Å²) >= 11 is 6.26. The number of hydrogen-bond donors (Lipinski definition) is 4. The zero-order valence-electron chi connectivity index (χ0n) is 15.8. The van der Waals surface area contributed by atoms with Crippen LogP contribution < -0.4 is 16.0 Å². The van der Waals surface area contributed by atoms with Crippen LogP contribution >= 0.6 is 11.6 Å². The van der Waals surface area contributed by atoms with Gasteiger partial charge in [-0.15, -0.1) is 0 Å². The van der Waals surface area contributed by atoms with Crippen molar-refractivity contribution in [3.8, 4) is 11.3 Å². The molecular formula is C22H21ClN4O2. The van der Waals surface area contributed by atoms with Gasteiger partial charge in [0.05, 0.1) is 5.56 Å². The predicted octanol–water partition coefficient (Wildman–Crippen LogP) is 3.21. The molecule has 5 rings (SSSR count). The van der Waals surface area contributed by atoms with Gasteiger partial charge in [0.1, 0.15) is 0 Å². The average molecular weight is 409 g/mol. The lowest BCUT2D eigenvalue weighted by molar-refractivity contribution is 0.0928. The highest BCUT2D eigenvalue weighted by atomic mass is 35.5. The summed E-state index contributed by atoms with van der Waals surface area (Å²) in [5, 5.41) is 10.8. The van der Waals surface area contributed by atoms with E-state index in [1.54, 1.807) is 0 Å². The summed E-state index contributed by atoms with van der Waals surface area (Å²) in [5.41, 5.74) is 4.65. The number of nitrogens with one attached hydrogen (secondary N) is 4. The number of rotatable bonds is 3. The maximum atomic E-state index is 12.7. The average Bonchev–Trinajstić information content (AvgIpc) is 3.33. The molecule has 0 bridgehead atoms. The Morgan fingerprint density at radius 3 is 2.76 bits per heavy atom. The zero-order chi connectivity index (χ0) is 20.0. The van der Waals surface area contributed by atoms with Crippen LogP contribution in [0.5, 0.6) is 0 Å². The lowest BCUT2D eigenvalue weighted by atomic mass is 10.0. The molecule has 2 aliphatic rings. The SMILES string of the molecule is O=C(NC1CCNCC1)c1ccc2[nH]c(-c3ccc(Cl)c4c3C(=O)NC4)cc2c1. The first-order valence-corrected chi connectivity index (χ1v) is 10.2. The number of carbonyl (C=O) groups is 2. The van der Waals surface area contributed by atoms with Crippen LogP contribution in [0.25, 0.3) is 22.2 Å². The van der Waals surface area contributed by atoms with Crippen molar-refractivity contribution < 1.29 is 9.59 Å². The molecule has 4 N–H and O–H groups in total. The van der Waals surface area contributed by atoms with Gasteiger partial charge >= 0.3 is 0 Å². The van der Waals surface area contributed by atoms with Gasteiger partial charge in [-0.25, -0.2) is 0 Å². The van der Waals surface area contributed by atoms with Crippen molar-refractivity contribution in [1.29, 1.82) is 0 Å². The van der Waals surface area contributed by atoms with Gasteiger partial charge in [-0.2, -0.15) is 0 Å². The van der Waals surface area contributed by atoms with E-state index in [4.69, 9.17) is 11.6 Å². The smallest absolute Gasteiger partial charge is 0.252 e. The van der Waals surface area contributed by atoms with Crippen molar-refractivity contribution in [2.75, 3.05) is 13.1 Å². The molecule has 29 heavy (non-hydrogen) atoms. The second-order valence-electron chi connectivity index (χ2n) is 7.61. The number of benzene rings is 2. The van der Waals surface area contributed by atoms with E-state index in [2.05, 4.69) is 20.9 Å². The van der Waals surface area contributed by atoms with E-state index in [0.717, 1.165) is 53.7 Å². The van der Waals surface area contributed by atoms with Crippen molar-refractivity contribution in [2.45, 2.75) is 25.4 Å². The Kier molecular flexibility index (Phi) is 4.53. The number of aromatic nitrogens is 1. The molecule has 7 heteroatoms. The van der Waals surface area contributed by atoms with Crippen LogP contribution in [0.2, 0.25) is 5.02 Å². The number of piperidine rings is 1. The van der Waals surface area contributed by atoms with Crippen molar-refractivity contribution in [3.05, 3.63) is 58.1 Å². The molecule has 0 spiro atoms. The van der Waals surface area contributed by atoms with E-state index in [9.17, 15) is 9.59 Å². The Hall–Kier alpha value is -2.83. The quantitative estimate of drug-likeness (QED) is 0.536. The van der Waals surface area contributed by atoms with E-state index in [1.807, 2.05) is 36.4 Å². The maximum Gasteiger partial charge on any atom is 0.252 e. The van der Waals surface area contributed by atoms with Crippen molar-refractivity contribution >= 4 is 34.3 Å². The first kappa shape index (κ1) is 18.2. The molecule has 0 atom stereocenters. The third-order valence-corrected chi connectivity index (χ3v) is 6.11. The van der Waals surface area contributed by atoms with Crippen LogP contribution in [0.4, 0.5) is 0 Å². The predicted molar refractivity (Wildman–Crippen MR) is 113 cm³/mol. The Morgan fingerprint density at radius 2 is 1.93 bits per heavy atom. The first-order chi connectivity index (χ1) is 14.1. The first-order valence-electron chi connectivity index (χ1n) is 9.84. The lowest BCUT2D eigenvalue weighted by Crippen LogP contribution is -2.42. The highest BCUT2D eigenvalue weighted by Crippen LogP contribution is 2.34. The summed E-state index contributed by atoms with van der Waals surface area (Å²) in [6, 6.07) is 11.5. The molecule has 1 aromatic heterocycles. The molecule has 2 amide bonds. The molecule has 0 saturated carbocycles. The summed E-state index contributed by atoms with van der Waals surface area (Å²) in [6.45, 7) is 2.32. The summed E-state index contributed by atoms with van der Waals surface area (Å²) in [6.07, 6.45) is 1.90.